The van der Waals surface area contributed by atoms with Gasteiger partial charge in [-0.1, -0.05) is 27.7 Å². The fraction of sp³-hybridized carbons (Fsp3) is 1.00. The highest BCUT2D eigenvalue weighted by Gasteiger charge is 2.30. The average molecular weight is 474 g/mol. The monoisotopic (exact) mass is 473 g/mol. The van der Waals surface area contributed by atoms with Gasteiger partial charge in [-0.2, -0.15) is 0 Å². The number of hydrogen-bond acceptors (Lipinski definition) is 5. The Bertz CT molecular complexity index is 361. The van der Waals surface area contributed by atoms with Gasteiger partial charge in [0.25, 0.3) is 0 Å². The lowest BCUT2D eigenvalue weighted by atomic mass is 10.2. The molecular formula is C26H59N3O2Si. The van der Waals surface area contributed by atoms with Crippen LogP contribution in [0.15, 0.2) is 0 Å². The van der Waals surface area contributed by atoms with E-state index in [1.54, 1.807) is 0 Å². The third-order valence-electron chi connectivity index (χ3n) is 6.06. The molecule has 0 rings (SSSR count). The zero-order chi connectivity index (χ0) is 24.1. The standard InChI is InChI=1S/C26H59N3O2Si/c1-8-17-27(18-9-2)21-14-23-29(24-15-22-28(19-10-3)20-11-4)25-16-26-32(7,30-12-5)31-13-6/h8-26H2,1-7H3. The molecule has 194 valence electrons. The Kier molecular flexibility index (Phi) is 21.6. The van der Waals surface area contributed by atoms with E-state index < -0.39 is 8.56 Å². The van der Waals surface area contributed by atoms with Crippen molar-refractivity contribution < 1.29 is 8.85 Å². The molecule has 0 heterocycles. The smallest absolute Gasteiger partial charge is 0.334 e. The van der Waals surface area contributed by atoms with Crippen molar-refractivity contribution in [3.63, 3.8) is 0 Å². The van der Waals surface area contributed by atoms with Gasteiger partial charge in [-0.3, -0.25) is 0 Å². The summed E-state index contributed by atoms with van der Waals surface area (Å²) in [4.78, 5) is 8.02. The summed E-state index contributed by atoms with van der Waals surface area (Å²) in [6.07, 6.45) is 8.76. The Morgan fingerprint density at radius 3 is 1.09 bits per heavy atom. The SMILES string of the molecule is CCCN(CCC)CCCN(CCCN(CCC)CCC)CCC[Si](C)(OCC)OCC. The zero-order valence-electron chi connectivity index (χ0n) is 23.1. The van der Waals surface area contributed by atoms with Crippen molar-refractivity contribution in [2.45, 2.75) is 99.1 Å². The number of hydrogen-bond donors (Lipinski definition) is 0. The van der Waals surface area contributed by atoms with E-state index >= 15 is 0 Å². The largest absolute Gasteiger partial charge is 0.395 e. The lowest BCUT2D eigenvalue weighted by Crippen LogP contribution is -2.40. The van der Waals surface area contributed by atoms with Crippen LogP contribution in [0.25, 0.3) is 0 Å². The van der Waals surface area contributed by atoms with E-state index in [0.717, 1.165) is 19.3 Å². The Morgan fingerprint density at radius 1 is 0.469 bits per heavy atom. The normalized spacial score (nSPS) is 12.6. The summed E-state index contributed by atoms with van der Waals surface area (Å²) >= 11 is 0. The predicted octanol–water partition coefficient (Wildman–Crippen LogP) is 5.85. The van der Waals surface area contributed by atoms with Crippen molar-refractivity contribution >= 4 is 8.56 Å². The lowest BCUT2D eigenvalue weighted by molar-refractivity contribution is 0.182. The zero-order valence-corrected chi connectivity index (χ0v) is 24.1. The van der Waals surface area contributed by atoms with Gasteiger partial charge in [0.1, 0.15) is 0 Å². The second-order valence-corrected chi connectivity index (χ2v) is 12.7. The highest BCUT2D eigenvalue weighted by molar-refractivity contribution is 6.66. The Balaban J connectivity index is 4.71. The van der Waals surface area contributed by atoms with Gasteiger partial charge in [0, 0.05) is 13.2 Å². The van der Waals surface area contributed by atoms with E-state index in [0.29, 0.717) is 0 Å². The van der Waals surface area contributed by atoms with Crippen LogP contribution in [-0.2, 0) is 8.85 Å². The number of rotatable bonds is 24. The fourth-order valence-corrected chi connectivity index (χ4v) is 7.12. The molecule has 0 saturated carbocycles. The van der Waals surface area contributed by atoms with Crippen LogP contribution < -0.4 is 0 Å². The summed E-state index contributed by atoms with van der Waals surface area (Å²) in [5, 5.41) is 0. The van der Waals surface area contributed by atoms with Gasteiger partial charge in [-0.15, -0.1) is 0 Å². The summed E-state index contributed by atoms with van der Waals surface area (Å²) in [7, 11) is -2.00. The molecule has 0 radical (unpaired) electrons. The summed E-state index contributed by atoms with van der Waals surface area (Å²) in [5.74, 6) is 0. The van der Waals surface area contributed by atoms with E-state index in [1.165, 1.54) is 104 Å². The molecule has 0 aromatic heterocycles. The van der Waals surface area contributed by atoms with E-state index in [4.69, 9.17) is 8.85 Å². The van der Waals surface area contributed by atoms with Crippen molar-refractivity contribution in [3.05, 3.63) is 0 Å². The summed E-state index contributed by atoms with van der Waals surface area (Å²) in [6.45, 7) is 28.2. The molecule has 0 aliphatic heterocycles. The fourth-order valence-electron chi connectivity index (χ4n) is 4.73. The van der Waals surface area contributed by atoms with E-state index in [1.807, 2.05) is 0 Å². The molecule has 5 nitrogen and oxygen atoms in total. The van der Waals surface area contributed by atoms with Crippen LogP contribution in [0.2, 0.25) is 12.6 Å². The van der Waals surface area contributed by atoms with Gasteiger partial charge in [0.05, 0.1) is 0 Å². The van der Waals surface area contributed by atoms with Crippen LogP contribution in [-0.4, -0.2) is 95.4 Å². The van der Waals surface area contributed by atoms with Crippen LogP contribution >= 0.6 is 0 Å². The van der Waals surface area contributed by atoms with Crippen molar-refractivity contribution in [3.8, 4) is 0 Å². The minimum atomic E-state index is -2.00. The molecule has 0 bridgehead atoms. The topological polar surface area (TPSA) is 28.2 Å². The molecule has 32 heavy (non-hydrogen) atoms. The Hall–Kier alpha value is 0.0169. The lowest BCUT2D eigenvalue weighted by Gasteiger charge is -2.29. The second kappa shape index (κ2) is 21.5. The van der Waals surface area contributed by atoms with Gasteiger partial charge in [-0.05, 0) is 130 Å². The molecule has 0 saturated heterocycles. The molecule has 0 N–H and O–H groups in total. The Labute approximate surface area is 203 Å². The summed E-state index contributed by atoms with van der Waals surface area (Å²) in [6, 6.07) is 1.10. The average Bonchev–Trinajstić information content (AvgIpc) is 2.74. The maximum Gasteiger partial charge on any atom is 0.334 e. The first-order valence-corrected chi connectivity index (χ1v) is 16.5. The molecule has 0 aliphatic carbocycles. The van der Waals surface area contributed by atoms with Gasteiger partial charge >= 0.3 is 8.56 Å². The third-order valence-corrected chi connectivity index (χ3v) is 9.12. The first-order chi connectivity index (χ1) is 15.5. The van der Waals surface area contributed by atoms with Gasteiger partial charge in [0.15, 0.2) is 0 Å². The van der Waals surface area contributed by atoms with E-state index in [9.17, 15) is 0 Å². The second-order valence-electron chi connectivity index (χ2n) is 9.34. The van der Waals surface area contributed by atoms with Crippen molar-refractivity contribution in [2.24, 2.45) is 0 Å². The third kappa shape index (κ3) is 16.6. The van der Waals surface area contributed by atoms with Crippen LogP contribution in [0.4, 0.5) is 0 Å². The molecule has 6 heteroatoms. The molecule has 0 unspecified atom stereocenters. The number of nitrogens with zero attached hydrogens (tertiary/aromatic N) is 3. The highest BCUT2D eigenvalue weighted by atomic mass is 28.4. The van der Waals surface area contributed by atoms with Crippen molar-refractivity contribution in [2.75, 3.05) is 72.1 Å². The first kappa shape index (κ1) is 32.0. The molecule has 0 atom stereocenters. The maximum atomic E-state index is 6.07. The van der Waals surface area contributed by atoms with Gasteiger partial charge in [0.2, 0.25) is 0 Å². The van der Waals surface area contributed by atoms with Crippen molar-refractivity contribution in [1.82, 2.24) is 14.7 Å². The Morgan fingerprint density at radius 2 is 0.781 bits per heavy atom. The van der Waals surface area contributed by atoms with E-state index in [2.05, 4.69) is 62.8 Å². The molecule has 0 fully saturated rings. The van der Waals surface area contributed by atoms with Crippen LogP contribution in [0.3, 0.4) is 0 Å². The van der Waals surface area contributed by atoms with Crippen LogP contribution in [0.1, 0.15) is 86.5 Å². The molecular weight excluding hydrogens is 414 g/mol. The minimum Gasteiger partial charge on any atom is -0.395 e. The van der Waals surface area contributed by atoms with Crippen molar-refractivity contribution in [1.29, 1.82) is 0 Å². The first-order valence-electron chi connectivity index (χ1n) is 13.9. The van der Waals surface area contributed by atoms with Gasteiger partial charge < -0.3 is 23.6 Å². The molecule has 0 aliphatic rings. The molecule has 0 spiro atoms. The van der Waals surface area contributed by atoms with E-state index in [-0.39, 0.29) is 0 Å². The molecule has 0 aromatic carbocycles. The van der Waals surface area contributed by atoms with Crippen LogP contribution in [0, 0.1) is 0 Å². The quantitative estimate of drug-likeness (QED) is 0.164. The molecule has 0 aromatic rings. The predicted molar refractivity (Wildman–Crippen MR) is 144 cm³/mol. The minimum absolute atomic E-state index is 0.766. The molecule has 0 amide bonds. The maximum absolute atomic E-state index is 6.07. The summed E-state index contributed by atoms with van der Waals surface area (Å²) < 4.78 is 12.1. The van der Waals surface area contributed by atoms with Crippen LogP contribution in [0.5, 0.6) is 0 Å². The summed E-state index contributed by atoms with van der Waals surface area (Å²) in [5.41, 5.74) is 0. The van der Waals surface area contributed by atoms with Gasteiger partial charge in [-0.25, -0.2) is 0 Å². The highest BCUT2D eigenvalue weighted by Crippen LogP contribution is 2.16.